The second kappa shape index (κ2) is 12.5. The molecular weight excluding hydrogens is 529 g/mol. The molecule has 206 valence electrons. The Labute approximate surface area is 233 Å². The van der Waals surface area contributed by atoms with E-state index in [1.807, 2.05) is 4.90 Å². The van der Waals surface area contributed by atoms with Gasteiger partial charge in [-0.1, -0.05) is 30.1 Å². The Bertz CT molecular complexity index is 1140. The number of nitrogens with one attached hydrogen (secondary N) is 1. The van der Waals surface area contributed by atoms with Gasteiger partial charge in [0.25, 0.3) is 11.8 Å². The average molecular weight is 565 g/mol. The molecule has 38 heavy (non-hydrogen) atoms. The summed E-state index contributed by atoms with van der Waals surface area (Å²) in [5, 5.41) is 12.7. The molecular formula is C26H35Cl2N7O3. The monoisotopic (exact) mass is 563 g/mol. The highest BCUT2D eigenvalue weighted by molar-refractivity contribution is 6.32. The number of nitrogen functional groups attached to an aromatic ring is 1. The third kappa shape index (κ3) is 6.48. The predicted molar refractivity (Wildman–Crippen MR) is 149 cm³/mol. The zero-order valence-electron chi connectivity index (χ0n) is 21.7. The first kappa shape index (κ1) is 28.4. The van der Waals surface area contributed by atoms with E-state index in [4.69, 9.17) is 28.9 Å². The molecule has 2 aliphatic heterocycles. The van der Waals surface area contributed by atoms with E-state index in [9.17, 15) is 14.7 Å². The molecule has 0 spiro atoms. The van der Waals surface area contributed by atoms with Gasteiger partial charge in [0, 0.05) is 61.9 Å². The topological polar surface area (TPSA) is 128 Å². The number of hydrogen-bond acceptors (Lipinski definition) is 8. The van der Waals surface area contributed by atoms with Crippen LogP contribution in [0.2, 0.25) is 10.2 Å². The van der Waals surface area contributed by atoms with Crippen molar-refractivity contribution in [2.45, 2.75) is 51.3 Å². The summed E-state index contributed by atoms with van der Waals surface area (Å²) in [6, 6.07) is 7.72. The summed E-state index contributed by atoms with van der Waals surface area (Å²) >= 11 is 12.4. The lowest BCUT2D eigenvalue weighted by Gasteiger charge is -2.47. The maximum Gasteiger partial charge on any atom is 0.273 e. The zero-order chi connectivity index (χ0) is 27.4. The molecule has 0 bridgehead atoms. The summed E-state index contributed by atoms with van der Waals surface area (Å²) < 4.78 is 0. The van der Waals surface area contributed by atoms with Gasteiger partial charge in [-0.15, -0.1) is 0 Å². The summed E-state index contributed by atoms with van der Waals surface area (Å²) in [4.78, 5) is 40.5. The summed E-state index contributed by atoms with van der Waals surface area (Å²) in [7, 11) is 0. The van der Waals surface area contributed by atoms with Crippen molar-refractivity contribution in [3.63, 3.8) is 0 Å². The predicted octanol–water partition coefficient (Wildman–Crippen LogP) is 2.68. The number of nitrogens with zero attached hydrogens (tertiary/aromatic N) is 5. The van der Waals surface area contributed by atoms with Crippen LogP contribution in [0.25, 0.3) is 0 Å². The zero-order valence-corrected chi connectivity index (χ0v) is 23.3. The van der Waals surface area contributed by atoms with Gasteiger partial charge in [-0.25, -0.2) is 9.97 Å². The van der Waals surface area contributed by atoms with E-state index in [0.717, 1.165) is 38.9 Å². The van der Waals surface area contributed by atoms with Crippen molar-refractivity contribution in [1.82, 2.24) is 25.1 Å². The van der Waals surface area contributed by atoms with Gasteiger partial charge < -0.3 is 26.0 Å². The number of anilines is 2. The normalized spacial score (nSPS) is 19.9. The van der Waals surface area contributed by atoms with Crippen molar-refractivity contribution in [3.05, 3.63) is 45.7 Å². The Balaban J connectivity index is 1.37. The van der Waals surface area contributed by atoms with Crippen molar-refractivity contribution in [2.75, 3.05) is 49.9 Å². The van der Waals surface area contributed by atoms with Gasteiger partial charge in [0.1, 0.15) is 0 Å². The second-order valence-corrected chi connectivity index (χ2v) is 10.7. The third-order valence-corrected chi connectivity index (χ3v) is 7.75. The number of rotatable bonds is 7. The van der Waals surface area contributed by atoms with Crippen LogP contribution in [0.3, 0.4) is 0 Å². The first-order chi connectivity index (χ1) is 18.2. The number of amides is 2. The molecule has 10 nitrogen and oxygen atoms in total. The molecule has 12 heteroatoms. The van der Waals surface area contributed by atoms with E-state index >= 15 is 0 Å². The Morgan fingerprint density at radius 2 is 1.82 bits per heavy atom. The molecule has 2 atom stereocenters. The number of piperidine rings is 1. The Hall–Kier alpha value is -2.66. The van der Waals surface area contributed by atoms with Crippen molar-refractivity contribution < 1.29 is 14.7 Å². The number of nitrogens with two attached hydrogens (primary N) is 1. The van der Waals surface area contributed by atoms with Crippen molar-refractivity contribution in [2.24, 2.45) is 0 Å². The van der Waals surface area contributed by atoms with Crippen LogP contribution in [-0.4, -0.2) is 94.1 Å². The molecule has 1 aromatic carbocycles. The first-order valence-electron chi connectivity index (χ1n) is 13.0. The maximum atomic E-state index is 12.9. The molecule has 0 saturated carbocycles. The summed E-state index contributed by atoms with van der Waals surface area (Å²) in [6.45, 7) is 7.47. The Morgan fingerprint density at radius 3 is 2.45 bits per heavy atom. The van der Waals surface area contributed by atoms with E-state index in [0.29, 0.717) is 35.5 Å². The largest absolute Gasteiger partial charge is 0.392 e. The SMILES string of the molecule is CC[C@H]1CN(c2nc(N)c(C(=O)NC[C@H](C)O)nc2Cl)CCN1C1CCN(C(=O)c2ccc(Cl)cc2)CC1. The van der Waals surface area contributed by atoms with Crippen LogP contribution in [-0.2, 0) is 0 Å². The number of aromatic nitrogens is 2. The quantitative estimate of drug-likeness (QED) is 0.469. The second-order valence-electron chi connectivity index (χ2n) is 9.91. The molecule has 2 saturated heterocycles. The smallest absolute Gasteiger partial charge is 0.273 e. The van der Waals surface area contributed by atoms with Crippen LogP contribution in [0.15, 0.2) is 24.3 Å². The van der Waals surface area contributed by atoms with Crippen LogP contribution in [0.5, 0.6) is 0 Å². The van der Waals surface area contributed by atoms with Gasteiger partial charge in [-0.2, -0.15) is 0 Å². The van der Waals surface area contributed by atoms with E-state index in [1.54, 1.807) is 31.2 Å². The number of halogens is 2. The number of piperazine rings is 1. The Kier molecular flexibility index (Phi) is 9.30. The van der Waals surface area contributed by atoms with Crippen molar-refractivity contribution in [1.29, 1.82) is 0 Å². The first-order valence-corrected chi connectivity index (χ1v) is 13.8. The number of carbonyl (C=O) groups is 2. The molecule has 0 unspecified atom stereocenters. The lowest BCUT2D eigenvalue weighted by molar-refractivity contribution is 0.0490. The van der Waals surface area contributed by atoms with Gasteiger partial charge in [-0.05, 0) is 50.5 Å². The summed E-state index contributed by atoms with van der Waals surface area (Å²) in [5.74, 6) is -0.00862. The third-order valence-electron chi connectivity index (χ3n) is 7.25. The van der Waals surface area contributed by atoms with Crippen molar-refractivity contribution >= 4 is 46.7 Å². The standard InChI is InChI=1S/C26H35Cl2N7O3/c1-3-19-15-34(24-22(28)31-21(23(29)32-24)25(37)30-14-16(2)36)12-13-35(19)20-8-10-33(11-9-20)26(38)17-4-6-18(27)7-5-17/h4-7,16,19-20,36H,3,8-15H2,1-2H3,(H2,29,32)(H,30,37)/t16-,19-/m0/s1. The van der Waals surface area contributed by atoms with Gasteiger partial charge >= 0.3 is 0 Å². The average Bonchev–Trinajstić information content (AvgIpc) is 2.92. The lowest BCUT2D eigenvalue weighted by Crippen LogP contribution is -2.58. The minimum atomic E-state index is -0.693. The maximum absolute atomic E-state index is 12.9. The van der Waals surface area contributed by atoms with Gasteiger partial charge in [0.15, 0.2) is 22.5 Å². The number of carbonyl (C=O) groups excluding carboxylic acids is 2. The van der Waals surface area contributed by atoms with Crippen LogP contribution in [0, 0.1) is 0 Å². The molecule has 4 rings (SSSR count). The van der Waals surface area contributed by atoms with Crippen LogP contribution < -0.4 is 16.0 Å². The van der Waals surface area contributed by atoms with Gasteiger partial charge in [0.05, 0.1) is 6.10 Å². The summed E-state index contributed by atoms with van der Waals surface area (Å²) in [6.07, 6.45) is 2.08. The lowest BCUT2D eigenvalue weighted by atomic mass is 9.97. The molecule has 2 aliphatic rings. The highest BCUT2D eigenvalue weighted by atomic mass is 35.5. The highest BCUT2D eigenvalue weighted by Crippen LogP contribution is 2.30. The van der Waals surface area contributed by atoms with Crippen LogP contribution in [0.4, 0.5) is 11.6 Å². The molecule has 2 amide bonds. The number of hydrogen-bond donors (Lipinski definition) is 3. The minimum absolute atomic E-state index is 0.000646. The van der Waals surface area contributed by atoms with E-state index < -0.39 is 12.0 Å². The molecule has 4 N–H and O–H groups in total. The molecule has 3 heterocycles. The molecule has 0 aliphatic carbocycles. The number of aliphatic hydroxyl groups is 1. The molecule has 2 aromatic rings. The number of aliphatic hydroxyl groups excluding tert-OH is 1. The number of benzene rings is 1. The van der Waals surface area contributed by atoms with Crippen LogP contribution >= 0.6 is 23.2 Å². The number of likely N-dealkylation sites (tertiary alicyclic amines) is 1. The molecule has 0 radical (unpaired) electrons. The summed E-state index contributed by atoms with van der Waals surface area (Å²) in [5.41, 5.74) is 6.68. The van der Waals surface area contributed by atoms with Gasteiger partial charge in [-0.3, -0.25) is 14.5 Å². The van der Waals surface area contributed by atoms with Crippen molar-refractivity contribution in [3.8, 4) is 0 Å². The minimum Gasteiger partial charge on any atom is -0.392 e. The van der Waals surface area contributed by atoms with E-state index in [-0.39, 0.29) is 35.2 Å². The van der Waals surface area contributed by atoms with E-state index in [2.05, 4.69) is 32.0 Å². The fraction of sp³-hybridized carbons (Fsp3) is 0.538. The van der Waals surface area contributed by atoms with Crippen LogP contribution in [0.1, 0.15) is 54.0 Å². The highest BCUT2D eigenvalue weighted by Gasteiger charge is 2.35. The Morgan fingerprint density at radius 1 is 1.13 bits per heavy atom. The fourth-order valence-corrected chi connectivity index (χ4v) is 5.56. The fourth-order valence-electron chi connectivity index (χ4n) is 5.19. The molecule has 2 fully saturated rings. The van der Waals surface area contributed by atoms with Gasteiger partial charge in [0.2, 0.25) is 0 Å². The molecule has 1 aromatic heterocycles. The van der Waals surface area contributed by atoms with E-state index in [1.165, 1.54) is 0 Å².